The summed E-state index contributed by atoms with van der Waals surface area (Å²) >= 11 is 0. The summed E-state index contributed by atoms with van der Waals surface area (Å²) in [4.78, 5) is 22.7. The molecule has 0 aromatic heterocycles. The van der Waals surface area contributed by atoms with Crippen LogP contribution in [0.2, 0.25) is 0 Å². The van der Waals surface area contributed by atoms with Crippen molar-refractivity contribution in [2.45, 2.75) is 0 Å². The van der Waals surface area contributed by atoms with Crippen LogP contribution in [0.1, 0.15) is 11.1 Å². The van der Waals surface area contributed by atoms with E-state index in [0.717, 1.165) is 21.6 Å². The summed E-state index contributed by atoms with van der Waals surface area (Å²) in [5, 5.41) is 1.70. The van der Waals surface area contributed by atoms with Crippen molar-refractivity contribution in [2.75, 3.05) is 0 Å². The van der Waals surface area contributed by atoms with Gasteiger partial charge in [0, 0.05) is 0 Å². The second-order valence-electron chi connectivity index (χ2n) is 3.83. The van der Waals surface area contributed by atoms with Gasteiger partial charge in [0.2, 0.25) is 0 Å². The molecular formula is C14H8O2. The Labute approximate surface area is 91.9 Å². The number of hydrogen-bond acceptors (Lipinski definition) is 2. The Bertz CT molecular complexity index is 627. The Morgan fingerprint density at radius 1 is 0.625 bits per heavy atom. The molecule has 0 N–H and O–H groups in total. The van der Waals surface area contributed by atoms with Gasteiger partial charge in [0.05, 0.1) is 0 Å². The molecule has 0 aliphatic heterocycles. The highest BCUT2D eigenvalue weighted by molar-refractivity contribution is 6.19. The van der Waals surface area contributed by atoms with Crippen LogP contribution >= 0.6 is 0 Å². The maximum Gasteiger partial charge on any atom is 0.179 e. The zero-order valence-corrected chi connectivity index (χ0v) is 8.44. The first-order valence-corrected chi connectivity index (χ1v) is 5.04. The van der Waals surface area contributed by atoms with Crippen molar-refractivity contribution in [3.8, 4) is 0 Å². The molecule has 2 nitrogen and oxygen atoms in total. The molecule has 0 heterocycles. The number of ketones is 2. The minimum absolute atomic E-state index is 0.0312. The fourth-order valence-electron chi connectivity index (χ4n) is 2.01. The fourth-order valence-corrected chi connectivity index (χ4v) is 2.01. The Hall–Kier alpha value is -2.22. The van der Waals surface area contributed by atoms with E-state index in [0.29, 0.717) is 0 Å². The highest BCUT2D eigenvalue weighted by Gasteiger charge is 2.08. The van der Waals surface area contributed by atoms with E-state index in [-0.39, 0.29) is 11.6 Å². The summed E-state index contributed by atoms with van der Waals surface area (Å²) in [6.45, 7) is 0. The molecule has 0 atom stereocenters. The first-order chi connectivity index (χ1) is 7.74. The molecule has 3 rings (SSSR count). The van der Waals surface area contributed by atoms with Crippen LogP contribution in [-0.2, 0) is 9.59 Å². The van der Waals surface area contributed by atoms with Gasteiger partial charge in [-0.05, 0) is 45.9 Å². The maximum absolute atomic E-state index is 11.3. The second-order valence-corrected chi connectivity index (χ2v) is 3.83. The van der Waals surface area contributed by atoms with Gasteiger partial charge in [-0.25, -0.2) is 0 Å². The summed E-state index contributed by atoms with van der Waals surface area (Å²) in [5.41, 5.74) is 1.97. The molecule has 1 aromatic carbocycles. The van der Waals surface area contributed by atoms with Crippen molar-refractivity contribution < 1.29 is 9.59 Å². The standard InChI is InChI=1S/C14H8O2/c15-11-5-3-9-1-2-10-4-6-12(16)8-14(10)13(9)7-11/h1-8H. The molecule has 0 spiro atoms. The molecule has 0 radical (unpaired) electrons. The van der Waals surface area contributed by atoms with Crippen LogP contribution in [0.25, 0.3) is 24.3 Å². The summed E-state index contributed by atoms with van der Waals surface area (Å²) in [6.07, 6.45) is 9.81. The lowest BCUT2D eigenvalue weighted by Crippen LogP contribution is -2.34. The third-order valence-corrected chi connectivity index (χ3v) is 2.78. The normalized spacial score (nSPS) is 16.2. The average Bonchev–Trinajstić information content (AvgIpc) is 2.29. The molecule has 0 saturated carbocycles. The smallest absolute Gasteiger partial charge is 0.179 e. The van der Waals surface area contributed by atoms with Crippen molar-refractivity contribution >= 4 is 35.9 Å². The predicted octanol–water partition coefficient (Wildman–Crippen LogP) is 0.439. The number of benzene rings is 1. The lowest BCUT2D eigenvalue weighted by atomic mass is 9.96. The van der Waals surface area contributed by atoms with Crippen LogP contribution in [0.15, 0.2) is 24.3 Å². The van der Waals surface area contributed by atoms with Crippen LogP contribution in [0.3, 0.4) is 0 Å². The molecule has 76 valence electrons. The van der Waals surface area contributed by atoms with Crippen molar-refractivity contribution in [3.63, 3.8) is 0 Å². The number of rotatable bonds is 0. The highest BCUT2D eigenvalue weighted by Crippen LogP contribution is 2.05. The zero-order chi connectivity index (χ0) is 11.1. The SMILES string of the molecule is O=C1C=Cc2ccc3c(c2=C1)=CC(=O)C=C3. The number of hydrogen-bond donors (Lipinski definition) is 0. The number of allylic oxidation sites excluding steroid dienone is 2. The van der Waals surface area contributed by atoms with E-state index in [1.165, 1.54) is 12.2 Å². The Morgan fingerprint density at radius 2 is 1.06 bits per heavy atom. The summed E-state index contributed by atoms with van der Waals surface area (Å²) in [7, 11) is 0. The molecule has 0 fully saturated rings. The number of carbonyl (C=O) groups excluding carboxylic acids is 2. The van der Waals surface area contributed by atoms with Crippen molar-refractivity contribution in [1.82, 2.24) is 0 Å². The molecule has 0 saturated heterocycles. The average molecular weight is 208 g/mol. The van der Waals surface area contributed by atoms with Gasteiger partial charge in [-0.2, -0.15) is 0 Å². The topological polar surface area (TPSA) is 34.1 Å². The Morgan fingerprint density at radius 3 is 1.50 bits per heavy atom. The van der Waals surface area contributed by atoms with Crippen LogP contribution < -0.4 is 10.4 Å². The molecule has 0 unspecified atom stereocenters. The first kappa shape index (κ1) is 9.04. The second kappa shape index (κ2) is 3.14. The van der Waals surface area contributed by atoms with Crippen LogP contribution in [0.5, 0.6) is 0 Å². The molecule has 0 amide bonds. The van der Waals surface area contributed by atoms with Crippen LogP contribution in [0, 0.1) is 0 Å². The third-order valence-electron chi connectivity index (χ3n) is 2.78. The van der Waals surface area contributed by atoms with Crippen LogP contribution in [-0.4, -0.2) is 11.6 Å². The van der Waals surface area contributed by atoms with E-state index < -0.39 is 0 Å². The first-order valence-electron chi connectivity index (χ1n) is 5.04. The molecular weight excluding hydrogens is 200 g/mol. The molecule has 0 bridgehead atoms. The highest BCUT2D eigenvalue weighted by atomic mass is 16.1. The Balaban J connectivity index is 2.49. The number of fused-ring (bicyclic) bond motifs is 3. The fraction of sp³-hybridized carbons (Fsp3) is 0. The van der Waals surface area contributed by atoms with Gasteiger partial charge >= 0.3 is 0 Å². The van der Waals surface area contributed by atoms with Crippen molar-refractivity contribution in [1.29, 1.82) is 0 Å². The Kier molecular flexibility index (Phi) is 1.77. The molecule has 16 heavy (non-hydrogen) atoms. The largest absolute Gasteiger partial charge is 0.290 e. The van der Waals surface area contributed by atoms with Gasteiger partial charge in [0.15, 0.2) is 11.6 Å². The van der Waals surface area contributed by atoms with E-state index in [1.54, 1.807) is 24.3 Å². The van der Waals surface area contributed by atoms with Crippen molar-refractivity contribution in [3.05, 3.63) is 45.8 Å². The summed E-state index contributed by atoms with van der Waals surface area (Å²) in [5.74, 6) is -0.0624. The zero-order valence-electron chi connectivity index (χ0n) is 8.44. The lowest BCUT2D eigenvalue weighted by Gasteiger charge is -2.07. The third kappa shape index (κ3) is 1.27. The van der Waals surface area contributed by atoms with E-state index in [1.807, 2.05) is 12.1 Å². The van der Waals surface area contributed by atoms with Crippen molar-refractivity contribution in [2.24, 2.45) is 0 Å². The van der Waals surface area contributed by atoms with E-state index in [9.17, 15) is 9.59 Å². The lowest BCUT2D eigenvalue weighted by molar-refractivity contribution is -0.110. The summed E-state index contributed by atoms with van der Waals surface area (Å²) < 4.78 is 0. The quantitative estimate of drug-likeness (QED) is 0.620. The van der Waals surface area contributed by atoms with Gasteiger partial charge in [-0.15, -0.1) is 0 Å². The predicted molar refractivity (Wildman–Crippen MR) is 62.7 cm³/mol. The minimum atomic E-state index is -0.0312. The maximum atomic E-state index is 11.3. The number of carbonyl (C=O) groups is 2. The van der Waals surface area contributed by atoms with Gasteiger partial charge < -0.3 is 0 Å². The van der Waals surface area contributed by atoms with E-state index in [2.05, 4.69) is 0 Å². The van der Waals surface area contributed by atoms with E-state index >= 15 is 0 Å². The molecule has 1 aromatic rings. The monoisotopic (exact) mass is 208 g/mol. The van der Waals surface area contributed by atoms with Gasteiger partial charge in [0.25, 0.3) is 0 Å². The van der Waals surface area contributed by atoms with Gasteiger partial charge in [-0.3, -0.25) is 9.59 Å². The van der Waals surface area contributed by atoms with Gasteiger partial charge in [-0.1, -0.05) is 24.3 Å². The van der Waals surface area contributed by atoms with Crippen LogP contribution in [0.4, 0.5) is 0 Å². The minimum Gasteiger partial charge on any atom is -0.290 e. The molecule has 2 aliphatic carbocycles. The van der Waals surface area contributed by atoms with Gasteiger partial charge in [0.1, 0.15) is 0 Å². The van der Waals surface area contributed by atoms with E-state index in [4.69, 9.17) is 0 Å². The molecule has 2 aliphatic rings. The summed E-state index contributed by atoms with van der Waals surface area (Å²) in [6, 6.07) is 3.92. The molecule has 2 heteroatoms.